The molecule has 3 aromatic rings. The summed E-state index contributed by atoms with van der Waals surface area (Å²) in [5.74, 6) is -0.445. The SMILES string of the molecule is CCCN(CCC)c1ccc(-c2[nH]c3ccccc3c(=O)c2O)cc1[N+](=O)[O-]. The normalized spacial score (nSPS) is 10.9. The zero-order valence-corrected chi connectivity index (χ0v) is 15.9. The second-order valence-electron chi connectivity index (χ2n) is 6.67. The number of aromatic nitrogens is 1. The van der Waals surface area contributed by atoms with Crippen LogP contribution in [0.5, 0.6) is 5.75 Å². The van der Waals surface area contributed by atoms with Gasteiger partial charge in [-0.25, -0.2) is 0 Å². The lowest BCUT2D eigenvalue weighted by atomic mass is 10.1. The monoisotopic (exact) mass is 381 g/mol. The molecular weight excluding hydrogens is 358 g/mol. The largest absolute Gasteiger partial charge is 0.503 e. The van der Waals surface area contributed by atoms with Gasteiger partial charge < -0.3 is 15.0 Å². The summed E-state index contributed by atoms with van der Waals surface area (Å²) >= 11 is 0. The third-order valence-electron chi connectivity index (χ3n) is 4.67. The van der Waals surface area contributed by atoms with Crippen LogP contribution in [0.3, 0.4) is 0 Å². The molecule has 2 aromatic carbocycles. The fourth-order valence-corrected chi connectivity index (χ4v) is 3.42. The number of rotatable bonds is 7. The fraction of sp³-hybridized carbons (Fsp3) is 0.286. The molecule has 3 rings (SSSR count). The van der Waals surface area contributed by atoms with Crippen LogP contribution in [-0.4, -0.2) is 28.1 Å². The molecule has 0 spiro atoms. The molecule has 28 heavy (non-hydrogen) atoms. The van der Waals surface area contributed by atoms with Gasteiger partial charge in [0.1, 0.15) is 5.69 Å². The molecule has 0 saturated heterocycles. The van der Waals surface area contributed by atoms with Crippen molar-refractivity contribution >= 4 is 22.3 Å². The molecule has 1 heterocycles. The summed E-state index contributed by atoms with van der Waals surface area (Å²) in [5.41, 5.74) is 1.12. The first-order valence-corrected chi connectivity index (χ1v) is 9.35. The number of nitrogens with zero attached hydrogens (tertiary/aromatic N) is 2. The van der Waals surface area contributed by atoms with Crippen LogP contribution >= 0.6 is 0 Å². The number of H-pyrrole nitrogens is 1. The smallest absolute Gasteiger partial charge is 0.293 e. The molecule has 0 aliphatic heterocycles. The van der Waals surface area contributed by atoms with E-state index < -0.39 is 16.1 Å². The van der Waals surface area contributed by atoms with Gasteiger partial charge in [0.15, 0.2) is 5.75 Å². The van der Waals surface area contributed by atoms with E-state index in [1.165, 1.54) is 6.07 Å². The van der Waals surface area contributed by atoms with Gasteiger partial charge in [-0.2, -0.15) is 0 Å². The highest BCUT2D eigenvalue weighted by molar-refractivity contribution is 5.85. The maximum absolute atomic E-state index is 12.5. The van der Waals surface area contributed by atoms with Gasteiger partial charge in [-0.1, -0.05) is 32.0 Å². The van der Waals surface area contributed by atoms with E-state index in [-0.39, 0.29) is 11.4 Å². The number of anilines is 1. The molecule has 0 bridgehead atoms. The molecule has 0 fully saturated rings. The van der Waals surface area contributed by atoms with E-state index in [9.17, 15) is 20.0 Å². The summed E-state index contributed by atoms with van der Waals surface area (Å²) in [4.78, 5) is 28.8. The summed E-state index contributed by atoms with van der Waals surface area (Å²) < 4.78 is 0. The number of aromatic amines is 1. The number of aromatic hydroxyl groups is 1. The highest BCUT2D eigenvalue weighted by atomic mass is 16.6. The molecule has 0 aliphatic carbocycles. The Morgan fingerprint density at radius 2 is 1.79 bits per heavy atom. The quantitative estimate of drug-likeness (QED) is 0.466. The topological polar surface area (TPSA) is 99.5 Å². The first-order chi connectivity index (χ1) is 13.5. The van der Waals surface area contributed by atoms with Crippen molar-refractivity contribution in [2.75, 3.05) is 18.0 Å². The molecule has 7 nitrogen and oxygen atoms in total. The Kier molecular flexibility index (Phi) is 5.63. The number of nitro benzene ring substituents is 1. The Bertz CT molecular complexity index is 1070. The Labute approximate surface area is 162 Å². The number of hydrogen-bond donors (Lipinski definition) is 2. The van der Waals surface area contributed by atoms with Crippen LogP contribution in [0.1, 0.15) is 26.7 Å². The summed E-state index contributed by atoms with van der Waals surface area (Å²) in [7, 11) is 0. The molecule has 1 aromatic heterocycles. The van der Waals surface area contributed by atoms with Crippen LogP contribution in [0.2, 0.25) is 0 Å². The van der Waals surface area contributed by atoms with Crippen molar-refractivity contribution in [3.8, 4) is 17.0 Å². The standard InChI is InChI=1S/C21H23N3O4/c1-3-11-23(12-4-2)17-10-9-14(13-18(17)24(27)28)19-21(26)20(25)15-7-5-6-8-16(15)22-19/h5-10,13,26H,3-4,11-12H2,1-2H3,(H,22,25). The van der Waals surface area contributed by atoms with Gasteiger partial charge in [0.2, 0.25) is 5.43 Å². The Morgan fingerprint density at radius 1 is 1.11 bits per heavy atom. The Hall–Kier alpha value is -3.35. The van der Waals surface area contributed by atoms with E-state index in [0.29, 0.717) is 35.2 Å². The van der Waals surface area contributed by atoms with Gasteiger partial charge in [0.25, 0.3) is 5.69 Å². The van der Waals surface area contributed by atoms with E-state index in [4.69, 9.17) is 0 Å². The maximum atomic E-state index is 12.5. The van der Waals surface area contributed by atoms with Gasteiger partial charge in [0, 0.05) is 35.6 Å². The number of nitrogens with one attached hydrogen (secondary N) is 1. The van der Waals surface area contributed by atoms with Gasteiger partial charge >= 0.3 is 0 Å². The molecule has 2 N–H and O–H groups in total. The number of hydrogen-bond acceptors (Lipinski definition) is 5. The number of pyridine rings is 1. The minimum absolute atomic E-state index is 0.0483. The number of benzene rings is 2. The Balaban J connectivity index is 2.18. The summed E-state index contributed by atoms with van der Waals surface area (Å²) in [6.45, 7) is 5.49. The summed E-state index contributed by atoms with van der Waals surface area (Å²) in [6.07, 6.45) is 1.75. The van der Waals surface area contributed by atoms with E-state index in [2.05, 4.69) is 4.98 Å². The van der Waals surface area contributed by atoms with Crippen LogP contribution < -0.4 is 10.3 Å². The van der Waals surface area contributed by atoms with Crippen molar-refractivity contribution in [2.45, 2.75) is 26.7 Å². The number of nitro groups is 1. The van der Waals surface area contributed by atoms with Gasteiger partial charge in [-0.3, -0.25) is 14.9 Å². The van der Waals surface area contributed by atoms with Gasteiger partial charge in [0.05, 0.1) is 10.6 Å². The fourth-order valence-electron chi connectivity index (χ4n) is 3.42. The van der Waals surface area contributed by atoms with Crippen LogP contribution in [0.15, 0.2) is 47.3 Å². The third kappa shape index (κ3) is 3.55. The lowest BCUT2D eigenvalue weighted by molar-refractivity contribution is -0.384. The average molecular weight is 381 g/mol. The average Bonchev–Trinajstić information content (AvgIpc) is 2.70. The maximum Gasteiger partial charge on any atom is 0.293 e. The zero-order valence-electron chi connectivity index (χ0n) is 15.9. The van der Waals surface area contributed by atoms with Crippen molar-refractivity contribution in [3.63, 3.8) is 0 Å². The van der Waals surface area contributed by atoms with Gasteiger partial charge in [-0.05, 0) is 31.0 Å². The third-order valence-corrected chi connectivity index (χ3v) is 4.67. The predicted octanol–water partition coefficient (Wildman–Crippen LogP) is 4.44. The molecule has 0 saturated carbocycles. The van der Waals surface area contributed by atoms with E-state index in [0.717, 1.165) is 12.8 Å². The van der Waals surface area contributed by atoms with Crippen molar-refractivity contribution in [3.05, 3.63) is 62.8 Å². The summed E-state index contributed by atoms with van der Waals surface area (Å²) in [5, 5.41) is 22.5. The van der Waals surface area contributed by atoms with Crippen LogP contribution in [-0.2, 0) is 0 Å². The number of fused-ring (bicyclic) bond motifs is 1. The molecule has 7 heteroatoms. The zero-order chi connectivity index (χ0) is 20.3. The first-order valence-electron chi connectivity index (χ1n) is 9.35. The lowest BCUT2D eigenvalue weighted by Crippen LogP contribution is -2.25. The van der Waals surface area contributed by atoms with Crippen LogP contribution in [0.25, 0.3) is 22.2 Å². The van der Waals surface area contributed by atoms with E-state index in [1.807, 2.05) is 18.7 Å². The number of para-hydroxylation sites is 1. The molecule has 0 radical (unpaired) electrons. The Morgan fingerprint density at radius 3 is 2.43 bits per heavy atom. The highest BCUT2D eigenvalue weighted by Crippen LogP contribution is 2.35. The predicted molar refractivity (Wildman–Crippen MR) is 111 cm³/mol. The van der Waals surface area contributed by atoms with E-state index in [1.54, 1.807) is 36.4 Å². The molecule has 0 aliphatic rings. The second kappa shape index (κ2) is 8.12. The van der Waals surface area contributed by atoms with Crippen molar-refractivity contribution in [1.82, 2.24) is 4.98 Å². The van der Waals surface area contributed by atoms with Gasteiger partial charge in [-0.15, -0.1) is 0 Å². The molecule has 146 valence electrons. The van der Waals surface area contributed by atoms with E-state index >= 15 is 0 Å². The molecule has 0 unspecified atom stereocenters. The molecular formula is C21H23N3O4. The molecule has 0 atom stereocenters. The second-order valence-corrected chi connectivity index (χ2v) is 6.67. The highest BCUT2D eigenvalue weighted by Gasteiger charge is 2.22. The summed E-state index contributed by atoms with van der Waals surface area (Å²) in [6, 6.07) is 11.6. The van der Waals surface area contributed by atoms with Crippen molar-refractivity contribution < 1.29 is 10.0 Å². The molecule has 0 amide bonds. The first kappa shape index (κ1) is 19.4. The van der Waals surface area contributed by atoms with Crippen LogP contribution in [0, 0.1) is 10.1 Å². The minimum Gasteiger partial charge on any atom is -0.503 e. The van der Waals surface area contributed by atoms with Crippen molar-refractivity contribution in [2.24, 2.45) is 0 Å². The minimum atomic E-state index is -0.505. The van der Waals surface area contributed by atoms with Crippen molar-refractivity contribution in [1.29, 1.82) is 0 Å². The lowest BCUT2D eigenvalue weighted by Gasteiger charge is -2.23. The van der Waals surface area contributed by atoms with Crippen LogP contribution in [0.4, 0.5) is 11.4 Å².